The first kappa shape index (κ1) is 22.5. The van der Waals surface area contributed by atoms with Crippen LogP contribution in [0.2, 0.25) is 0 Å². The van der Waals surface area contributed by atoms with Gasteiger partial charge in [0.05, 0.1) is 11.5 Å². The van der Waals surface area contributed by atoms with Crippen molar-refractivity contribution in [3.8, 4) is 11.5 Å². The van der Waals surface area contributed by atoms with Crippen molar-refractivity contribution in [1.29, 1.82) is 0 Å². The fraction of sp³-hybridized carbons (Fsp3) is 0.400. The average molecular weight is 528 g/mol. The Morgan fingerprint density at radius 2 is 1.70 bits per heavy atom. The molecule has 0 atom stereocenters. The molecule has 0 unspecified atom stereocenters. The van der Waals surface area contributed by atoms with Gasteiger partial charge in [-0.1, -0.05) is 52.7 Å². The summed E-state index contributed by atoms with van der Waals surface area (Å²) in [6, 6.07) is 13.6. The normalized spacial score (nSPS) is 18.9. The van der Waals surface area contributed by atoms with Gasteiger partial charge in [-0.2, -0.15) is 0 Å². The Morgan fingerprint density at radius 1 is 0.970 bits per heavy atom. The largest absolute Gasteiger partial charge is 0.486 e. The quantitative estimate of drug-likeness (QED) is 0.541. The molecule has 2 heterocycles. The van der Waals surface area contributed by atoms with Crippen LogP contribution in [0.25, 0.3) is 0 Å². The van der Waals surface area contributed by atoms with E-state index in [1.807, 2.05) is 24.3 Å². The van der Waals surface area contributed by atoms with Crippen molar-refractivity contribution < 1.29 is 14.3 Å². The smallest absolute Gasteiger partial charge is 0.234 e. The monoisotopic (exact) mass is 527 g/mol. The number of ether oxygens (including phenoxy) is 2. The number of nitrogens with zero attached hydrogens (tertiary/aromatic N) is 2. The number of aliphatic imine (C=N–C) groups is 2. The first-order chi connectivity index (χ1) is 16.1. The van der Waals surface area contributed by atoms with Gasteiger partial charge in [0.1, 0.15) is 18.3 Å². The van der Waals surface area contributed by atoms with Crippen molar-refractivity contribution in [2.24, 2.45) is 9.98 Å². The number of halogens is 1. The van der Waals surface area contributed by atoms with Crippen LogP contribution in [0.15, 0.2) is 56.9 Å². The highest BCUT2D eigenvalue weighted by Crippen LogP contribution is 2.38. The maximum absolute atomic E-state index is 12.7. The van der Waals surface area contributed by atoms with Crippen LogP contribution in [0.3, 0.4) is 0 Å². The van der Waals surface area contributed by atoms with E-state index in [1.54, 1.807) is 6.07 Å². The van der Waals surface area contributed by atoms with E-state index in [2.05, 4.69) is 33.4 Å². The van der Waals surface area contributed by atoms with Crippen molar-refractivity contribution >= 4 is 50.0 Å². The third-order valence-corrected chi connectivity index (χ3v) is 7.51. The minimum absolute atomic E-state index is 0.0867. The standard InChI is InChI=1S/C25H26BrN3O3S/c26-18-7-5-17(6-8-18)23-24(29-25(28-23)11-3-1-2-4-12-25)33-16-22(30)27-19-9-10-20-21(15-19)32-14-13-31-20/h5-10,15H,1-4,11-14,16H2,(H,27,30). The Hall–Kier alpha value is -2.32. The van der Waals surface area contributed by atoms with Gasteiger partial charge in [0.25, 0.3) is 0 Å². The van der Waals surface area contributed by atoms with Crippen molar-refractivity contribution in [1.82, 2.24) is 0 Å². The van der Waals surface area contributed by atoms with Crippen LogP contribution in [0.1, 0.15) is 44.1 Å². The van der Waals surface area contributed by atoms with Crippen molar-refractivity contribution in [3.05, 3.63) is 52.5 Å². The lowest BCUT2D eigenvalue weighted by atomic mass is 10.0. The minimum Gasteiger partial charge on any atom is -0.486 e. The zero-order chi connectivity index (χ0) is 22.7. The zero-order valence-corrected chi connectivity index (χ0v) is 20.7. The molecule has 0 saturated heterocycles. The maximum Gasteiger partial charge on any atom is 0.234 e. The molecule has 0 aromatic heterocycles. The molecule has 6 nitrogen and oxygen atoms in total. The molecule has 5 rings (SSSR count). The van der Waals surface area contributed by atoms with E-state index in [-0.39, 0.29) is 17.3 Å². The number of hydrogen-bond acceptors (Lipinski definition) is 6. The molecule has 1 N–H and O–H groups in total. The van der Waals surface area contributed by atoms with E-state index >= 15 is 0 Å². The second-order valence-electron chi connectivity index (χ2n) is 8.48. The Morgan fingerprint density at radius 3 is 2.45 bits per heavy atom. The number of carbonyl (C=O) groups is 1. The highest BCUT2D eigenvalue weighted by atomic mass is 79.9. The molecule has 1 aliphatic carbocycles. The fourth-order valence-corrected chi connectivity index (χ4v) is 5.53. The van der Waals surface area contributed by atoms with Gasteiger partial charge in [-0.3, -0.25) is 9.79 Å². The van der Waals surface area contributed by atoms with Gasteiger partial charge in [0.2, 0.25) is 5.91 Å². The molecular weight excluding hydrogens is 502 g/mol. The van der Waals surface area contributed by atoms with E-state index in [4.69, 9.17) is 19.5 Å². The molecule has 8 heteroatoms. The topological polar surface area (TPSA) is 72.3 Å². The number of fused-ring (bicyclic) bond motifs is 1. The number of rotatable bonds is 4. The molecule has 2 aromatic carbocycles. The molecule has 1 amide bonds. The number of anilines is 1. The third-order valence-electron chi connectivity index (χ3n) is 6.02. The Bertz CT molecular complexity index is 1090. The number of carbonyl (C=O) groups excluding carboxylic acids is 1. The molecule has 3 aliphatic rings. The van der Waals surface area contributed by atoms with Gasteiger partial charge < -0.3 is 14.8 Å². The summed E-state index contributed by atoms with van der Waals surface area (Å²) in [6.45, 7) is 1.06. The van der Waals surface area contributed by atoms with Gasteiger partial charge in [-0.15, -0.1) is 0 Å². The molecule has 1 fully saturated rings. The number of benzene rings is 2. The predicted molar refractivity (Wildman–Crippen MR) is 137 cm³/mol. The first-order valence-corrected chi connectivity index (χ1v) is 13.2. The number of hydrogen-bond donors (Lipinski definition) is 1. The summed E-state index contributed by atoms with van der Waals surface area (Å²) in [5.74, 6) is 1.54. The molecule has 0 bridgehead atoms. The molecule has 1 spiro atoms. The SMILES string of the molecule is O=C(CSC1=NC2(CCCCCC2)N=C1c1ccc(Br)cc1)Nc1ccc2c(c1)OCCO2. The Balaban J connectivity index is 1.30. The lowest BCUT2D eigenvalue weighted by Gasteiger charge is -2.20. The number of thioether (sulfide) groups is 1. The van der Waals surface area contributed by atoms with Gasteiger partial charge in [0, 0.05) is 21.8 Å². The van der Waals surface area contributed by atoms with Crippen LogP contribution < -0.4 is 14.8 Å². The molecule has 0 radical (unpaired) electrons. The summed E-state index contributed by atoms with van der Waals surface area (Å²) in [4.78, 5) is 23.0. The summed E-state index contributed by atoms with van der Waals surface area (Å²) in [5, 5.41) is 3.82. The zero-order valence-electron chi connectivity index (χ0n) is 18.3. The van der Waals surface area contributed by atoms with Gasteiger partial charge in [-0.25, -0.2) is 4.99 Å². The van der Waals surface area contributed by atoms with Crippen LogP contribution >= 0.6 is 27.7 Å². The van der Waals surface area contributed by atoms with Crippen LogP contribution in [-0.2, 0) is 4.79 Å². The maximum atomic E-state index is 12.7. The van der Waals surface area contributed by atoms with Crippen LogP contribution in [-0.4, -0.2) is 41.3 Å². The molecule has 1 saturated carbocycles. The molecule has 33 heavy (non-hydrogen) atoms. The highest BCUT2D eigenvalue weighted by Gasteiger charge is 2.37. The van der Waals surface area contributed by atoms with Crippen molar-refractivity contribution in [2.75, 3.05) is 24.3 Å². The summed E-state index contributed by atoms with van der Waals surface area (Å²) in [5.41, 5.74) is 2.27. The average Bonchev–Trinajstić information content (AvgIpc) is 3.02. The molecule has 172 valence electrons. The molecule has 2 aliphatic heterocycles. The Labute approximate surface area is 206 Å². The summed E-state index contributed by atoms with van der Waals surface area (Å²) in [7, 11) is 0. The summed E-state index contributed by atoms with van der Waals surface area (Å²) >= 11 is 4.97. The van der Waals surface area contributed by atoms with Crippen LogP contribution in [0.5, 0.6) is 11.5 Å². The second kappa shape index (κ2) is 9.89. The van der Waals surface area contributed by atoms with E-state index in [0.29, 0.717) is 30.4 Å². The van der Waals surface area contributed by atoms with Crippen LogP contribution in [0, 0.1) is 0 Å². The minimum atomic E-state index is -0.368. The van der Waals surface area contributed by atoms with E-state index in [9.17, 15) is 4.79 Å². The number of amides is 1. The van der Waals surface area contributed by atoms with Gasteiger partial charge >= 0.3 is 0 Å². The van der Waals surface area contributed by atoms with Gasteiger partial charge in [-0.05, 0) is 49.9 Å². The van der Waals surface area contributed by atoms with E-state index in [0.717, 1.165) is 46.5 Å². The highest BCUT2D eigenvalue weighted by molar-refractivity contribution is 9.10. The summed E-state index contributed by atoms with van der Waals surface area (Å²) in [6.07, 6.45) is 6.70. The lowest BCUT2D eigenvalue weighted by molar-refractivity contribution is -0.113. The van der Waals surface area contributed by atoms with Gasteiger partial charge in [0.15, 0.2) is 17.2 Å². The molecular formula is C25H26BrN3O3S. The van der Waals surface area contributed by atoms with E-state index < -0.39 is 0 Å². The van der Waals surface area contributed by atoms with Crippen molar-refractivity contribution in [2.45, 2.75) is 44.2 Å². The predicted octanol–water partition coefficient (Wildman–Crippen LogP) is 5.84. The fourth-order valence-electron chi connectivity index (χ4n) is 4.39. The summed E-state index contributed by atoms with van der Waals surface area (Å²) < 4.78 is 12.2. The van der Waals surface area contributed by atoms with Crippen LogP contribution in [0.4, 0.5) is 5.69 Å². The van der Waals surface area contributed by atoms with E-state index in [1.165, 1.54) is 24.6 Å². The third kappa shape index (κ3) is 5.27. The van der Waals surface area contributed by atoms with Crippen molar-refractivity contribution in [3.63, 3.8) is 0 Å². The number of nitrogens with one attached hydrogen (secondary N) is 1. The Kier molecular flexibility index (Phi) is 6.74. The lowest BCUT2D eigenvalue weighted by Crippen LogP contribution is -2.20. The first-order valence-electron chi connectivity index (χ1n) is 11.4. The molecule has 2 aromatic rings. The second-order valence-corrected chi connectivity index (χ2v) is 10.4.